The molecule has 0 saturated heterocycles. The summed E-state index contributed by atoms with van der Waals surface area (Å²) in [7, 11) is 0. The van der Waals surface area contributed by atoms with E-state index in [1.165, 1.54) is 6.42 Å². The first-order valence-corrected chi connectivity index (χ1v) is 6.09. The first-order valence-electron chi connectivity index (χ1n) is 6.09. The smallest absolute Gasteiger partial charge is 0.123 e. The quantitative estimate of drug-likeness (QED) is 0.825. The molecule has 16 heavy (non-hydrogen) atoms. The number of aromatic hydroxyl groups is 1. The fourth-order valence-corrected chi connectivity index (χ4v) is 2.72. The van der Waals surface area contributed by atoms with Gasteiger partial charge in [-0.25, -0.2) is 0 Å². The zero-order chi connectivity index (χ0) is 11.5. The molecule has 1 aromatic rings. The molecule has 0 aliphatic heterocycles. The summed E-state index contributed by atoms with van der Waals surface area (Å²) < 4.78 is 5.92. The van der Waals surface area contributed by atoms with Gasteiger partial charge in [0.1, 0.15) is 11.5 Å². The number of phenolic OH excluding ortho intramolecular Hbond substituents is 1. The topological polar surface area (TPSA) is 29.5 Å². The molecule has 0 spiro atoms. The van der Waals surface area contributed by atoms with Crippen LogP contribution in [-0.2, 0) is 0 Å². The highest BCUT2D eigenvalue weighted by molar-refractivity contribution is 5.31. The molecule has 2 rings (SSSR count). The van der Waals surface area contributed by atoms with Gasteiger partial charge in [-0.3, -0.25) is 0 Å². The Hall–Kier alpha value is -1.18. The van der Waals surface area contributed by atoms with Gasteiger partial charge in [0.2, 0.25) is 0 Å². The second-order valence-corrected chi connectivity index (χ2v) is 5.15. The van der Waals surface area contributed by atoms with Gasteiger partial charge in [0.05, 0.1) is 6.10 Å². The lowest BCUT2D eigenvalue weighted by Gasteiger charge is -2.31. The first kappa shape index (κ1) is 11.3. The predicted molar refractivity (Wildman–Crippen MR) is 64.7 cm³/mol. The Labute approximate surface area is 97.3 Å². The van der Waals surface area contributed by atoms with E-state index in [2.05, 4.69) is 13.8 Å². The van der Waals surface area contributed by atoms with Crippen LogP contribution in [0.25, 0.3) is 0 Å². The Morgan fingerprint density at radius 1 is 1.12 bits per heavy atom. The van der Waals surface area contributed by atoms with Crippen LogP contribution in [0.1, 0.15) is 33.1 Å². The van der Waals surface area contributed by atoms with Gasteiger partial charge in [0.25, 0.3) is 0 Å². The van der Waals surface area contributed by atoms with E-state index in [-0.39, 0.29) is 5.75 Å². The van der Waals surface area contributed by atoms with E-state index in [0.717, 1.165) is 30.4 Å². The summed E-state index contributed by atoms with van der Waals surface area (Å²) in [6.45, 7) is 4.57. The molecule has 2 heteroatoms. The van der Waals surface area contributed by atoms with Gasteiger partial charge in [0, 0.05) is 6.07 Å². The van der Waals surface area contributed by atoms with Gasteiger partial charge in [-0.05, 0) is 43.2 Å². The lowest BCUT2D eigenvalue weighted by atomic mass is 9.82. The second-order valence-electron chi connectivity index (χ2n) is 5.15. The predicted octanol–water partition coefficient (Wildman–Crippen LogP) is 3.60. The van der Waals surface area contributed by atoms with E-state index in [1.807, 2.05) is 12.1 Å². The van der Waals surface area contributed by atoms with Crippen molar-refractivity contribution in [1.29, 1.82) is 0 Å². The molecule has 0 heterocycles. The van der Waals surface area contributed by atoms with Gasteiger partial charge in [-0.2, -0.15) is 0 Å². The van der Waals surface area contributed by atoms with Gasteiger partial charge < -0.3 is 9.84 Å². The molecule has 1 N–H and O–H groups in total. The largest absolute Gasteiger partial charge is 0.508 e. The van der Waals surface area contributed by atoms with Crippen LogP contribution in [-0.4, -0.2) is 11.2 Å². The summed E-state index contributed by atoms with van der Waals surface area (Å²) in [4.78, 5) is 0. The van der Waals surface area contributed by atoms with Crippen LogP contribution >= 0.6 is 0 Å². The van der Waals surface area contributed by atoms with Gasteiger partial charge >= 0.3 is 0 Å². The molecule has 0 bridgehead atoms. The third-order valence-corrected chi connectivity index (χ3v) is 3.26. The number of benzene rings is 1. The van der Waals surface area contributed by atoms with E-state index in [0.29, 0.717) is 6.10 Å². The first-order chi connectivity index (χ1) is 7.63. The van der Waals surface area contributed by atoms with Crippen molar-refractivity contribution in [3.05, 3.63) is 24.3 Å². The summed E-state index contributed by atoms with van der Waals surface area (Å²) >= 11 is 0. The average Bonchev–Trinajstić information content (AvgIpc) is 2.15. The lowest BCUT2D eigenvalue weighted by molar-refractivity contribution is 0.101. The molecular weight excluding hydrogens is 200 g/mol. The van der Waals surface area contributed by atoms with Crippen molar-refractivity contribution < 1.29 is 9.84 Å². The van der Waals surface area contributed by atoms with Crippen LogP contribution in [0, 0.1) is 11.8 Å². The van der Waals surface area contributed by atoms with Crippen LogP contribution in [0.2, 0.25) is 0 Å². The number of rotatable bonds is 2. The standard InChI is InChI=1S/C14H20O2/c1-10-6-11(2)8-14(7-10)16-13-5-3-4-12(15)9-13/h3-5,9-11,14-15H,6-8H2,1-2H3. The van der Waals surface area contributed by atoms with Crippen LogP contribution in [0.3, 0.4) is 0 Å². The molecule has 1 fully saturated rings. The second kappa shape index (κ2) is 4.77. The van der Waals surface area contributed by atoms with Gasteiger partial charge in [0.15, 0.2) is 0 Å². The molecule has 88 valence electrons. The molecular formula is C14H20O2. The Kier molecular flexibility index (Phi) is 3.37. The normalized spacial score (nSPS) is 30.0. The Bertz CT molecular complexity index is 338. The number of hydrogen-bond acceptors (Lipinski definition) is 2. The zero-order valence-electron chi connectivity index (χ0n) is 10.0. The van der Waals surface area contributed by atoms with Crippen molar-refractivity contribution in [1.82, 2.24) is 0 Å². The molecule has 2 nitrogen and oxygen atoms in total. The van der Waals surface area contributed by atoms with Crippen molar-refractivity contribution >= 4 is 0 Å². The third-order valence-electron chi connectivity index (χ3n) is 3.26. The molecule has 2 unspecified atom stereocenters. The highest BCUT2D eigenvalue weighted by Crippen LogP contribution is 2.31. The SMILES string of the molecule is CC1CC(C)CC(Oc2cccc(O)c2)C1. The monoisotopic (exact) mass is 220 g/mol. The molecule has 1 saturated carbocycles. The van der Waals surface area contributed by atoms with Crippen LogP contribution in [0.4, 0.5) is 0 Å². The fourth-order valence-electron chi connectivity index (χ4n) is 2.72. The third kappa shape index (κ3) is 2.91. The van der Waals surface area contributed by atoms with Crippen LogP contribution in [0.5, 0.6) is 11.5 Å². The Morgan fingerprint density at radius 3 is 2.44 bits per heavy atom. The van der Waals surface area contributed by atoms with Crippen molar-refractivity contribution in [3.63, 3.8) is 0 Å². The minimum Gasteiger partial charge on any atom is -0.508 e. The lowest BCUT2D eigenvalue weighted by Crippen LogP contribution is -2.28. The number of hydrogen-bond donors (Lipinski definition) is 1. The molecule has 0 radical (unpaired) electrons. The highest BCUT2D eigenvalue weighted by Gasteiger charge is 2.25. The molecule has 1 aliphatic carbocycles. The minimum atomic E-state index is 0.273. The summed E-state index contributed by atoms with van der Waals surface area (Å²) in [6.07, 6.45) is 3.86. The Balaban J connectivity index is 1.98. The summed E-state index contributed by atoms with van der Waals surface area (Å²) in [6, 6.07) is 7.08. The molecule has 0 aromatic heterocycles. The minimum absolute atomic E-state index is 0.273. The van der Waals surface area contributed by atoms with Crippen molar-refractivity contribution in [2.45, 2.75) is 39.2 Å². The molecule has 1 aliphatic rings. The fraction of sp³-hybridized carbons (Fsp3) is 0.571. The maximum atomic E-state index is 9.37. The maximum Gasteiger partial charge on any atom is 0.123 e. The molecule has 1 aromatic carbocycles. The van der Waals surface area contributed by atoms with Gasteiger partial charge in [-0.15, -0.1) is 0 Å². The number of ether oxygens (including phenoxy) is 1. The number of phenols is 1. The van der Waals surface area contributed by atoms with E-state index >= 15 is 0 Å². The molecule has 2 atom stereocenters. The van der Waals surface area contributed by atoms with Crippen molar-refractivity contribution in [2.24, 2.45) is 11.8 Å². The van der Waals surface area contributed by atoms with Crippen molar-refractivity contribution in [2.75, 3.05) is 0 Å². The average molecular weight is 220 g/mol. The highest BCUT2D eigenvalue weighted by atomic mass is 16.5. The summed E-state index contributed by atoms with van der Waals surface area (Å²) in [5.41, 5.74) is 0. The van der Waals surface area contributed by atoms with E-state index < -0.39 is 0 Å². The summed E-state index contributed by atoms with van der Waals surface area (Å²) in [5, 5.41) is 9.37. The van der Waals surface area contributed by atoms with E-state index in [1.54, 1.807) is 12.1 Å². The van der Waals surface area contributed by atoms with Crippen LogP contribution in [0.15, 0.2) is 24.3 Å². The Morgan fingerprint density at radius 2 is 1.81 bits per heavy atom. The van der Waals surface area contributed by atoms with Gasteiger partial charge in [-0.1, -0.05) is 19.9 Å². The van der Waals surface area contributed by atoms with E-state index in [4.69, 9.17) is 4.74 Å². The molecule has 0 amide bonds. The van der Waals surface area contributed by atoms with Crippen LogP contribution < -0.4 is 4.74 Å². The summed E-state index contributed by atoms with van der Waals surface area (Å²) in [5.74, 6) is 2.54. The zero-order valence-corrected chi connectivity index (χ0v) is 10.0. The van der Waals surface area contributed by atoms with E-state index in [9.17, 15) is 5.11 Å². The maximum absolute atomic E-state index is 9.37. The van der Waals surface area contributed by atoms with Crippen molar-refractivity contribution in [3.8, 4) is 11.5 Å².